The summed E-state index contributed by atoms with van der Waals surface area (Å²) in [6.45, 7) is 4.13. The number of benzene rings is 1. The predicted molar refractivity (Wildman–Crippen MR) is 118 cm³/mol. The third kappa shape index (κ3) is 3.98. The van der Waals surface area contributed by atoms with Crippen molar-refractivity contribution < 1.29 is 17.9 Å². The first-order valence-electron chi connectivity index (χ1n) is 10.4. The normalized spacial score (nSPS) is 15.6. The van der Waals surface area contributed by atoms with E-state index < -0.39 is 21.6 Å². The molecule has 0 bridgehead atoms. The number of sulfonamides is 1. The number of H-pyrrole nitrogens is 2. The van der Waals surface area contributed by atoms with Crippen LogP contribution < -0.4 is 11.3 Å². The van der Waals surface area contributed by atoms with Crippen LogP contribution in [0.5, 0.6) is 0 Å². The van der Waals surface area contributed by atoms with Crippen LogP contribution in [0.25, 0.3) is 21.8 Å². The number of aromatic nitrogens is 2. The summed E-state index contributed by atoms with van der Waals surface area (Å²) in [6, 6.07) is 4.17. The molecule has 1 aliphatic carbocycles. The smallest absolute Gasteiger partial charge is 0.340 e. The minimum absolute atomic E-state index is 0.0471. The average Bonchev–Trinajstić information content (AvgIpc) is 3.46. The fraction of sp³-hybridized carbons (Fsp3) is 0.429. The van der Waals surface area contributed by atoms with Crippen molar-refractivity contribution >= 4 is 37.8 Å². The van der Waals surface area contributed by atoms with Crippen molar-refractivity contribution in [2.45, 2.75) is 50.1 Å². The Bertz CT molecular complexity index is 1300. The van der Waals surface area contributed by atoms with Gasteiger partial charge in [-0.15, -0.1) is 0 Å². The number of fused-ring (bicyclic) bond motifs is 3. The number of nitrogens with two attached hydrogens (primary N) is 1. The lowest BCUT2D eigenvalue weighted by Gasteiger charge is -2.23. The second-order valence-electron chi connectivity index (χ2n) is 8.03. The molecule has 4 N–H and O–H groups in total. The second kappa shape index (κ2) is 8.10. The second-order valence-corrected chi connectivity index (χ2v) is 9.92. The van der Waals surface area contributed by atoms with Gasteiger partial charge in [-0.3, -0.25) is 4.79 Å². The first-order valence-corrected chi connectivity index (χ1v) is 11.8. The molecule has 1 aliphatic rings. The van der Waals surface area contributed by atoms with E-state index in [9.17, 15) is 18.0 Å². The SMILES string of the molecule is CCCOC(=O)c1c[nH]c2c(=O)[nH]c3ccc(S(=O)(=O)N(C[C@H](C)N)C4CC4)cc3c12. The van der Waals surface area contributed by atoms with Crippen LogP contribution in [0.3, 0.4) is 0 Å². The predicted octanol–water partition coefficient (Wildman–Crippen LogP) is 2.08. The minimum Gasteiger partial charge on any atom is -0.462 e. The molecule has 31 heavy (non-hydrogen) atoms. The Labute approximate surface area is 179 Å². The van der Waals surface area contributed by atoms with Crippen molar-refractivity contribution in [1.82, 2.24) is 14.3 Å². The standard InChI is InChI=1S/C21H26N4O5S/c1-3-8-30-21(27)16-10-23-19-18(16)15-9-14(6-7-17(15)24-20(19)26)31(28,29)25(11-12(2)22)13-4-5-13/h6-7,9-10,12-13,23H,3-5,8,11,22H2,1-2H3,(H,24,26)/t12-/m0/s1. The Morgan fingerprint density at radius 2 is 2.10 bits per heavy atom. The van der Waals surface area contributed by atoms with E-state index in [2.05, 4.69) is 9.97 Å². The van der Waals surface area contributed by atoms with Gasteiger partial charge in [0.15, 0.2) is 0 Å². The number of pyridine rings is 1. The number of esters is 1. The van der Waals surface area contributed by atoms with Gasteiger partial charge in [0, 0.05) is 41.1 Å². The molecule has 0 spiro atoms. The van der Waals surface area contributed by atoms with Crippen LogP contribution in [0.15, 0.2) is 34.1 Å². The van der Waals surface area contributed by atoms with Crippen molar-refractivity contribution in [3.63, 3.8) is 0 Å². The van der Waals surface area contributed by atoms with Crippen molar-refractivity contribution in [3.8, 4) is 0 Å². The van der Waals surface area contributed by atoms with E-state index in [0.717, 1.165) is 12.8 Å². The molecule has 0 amide bonds. The van der Waals surface area contributed by atoms with Crippen molar-refractivity contribution in [3.05, 3.63) is 40.3 Å². The molecule has 1 atom stereocenters. The Balaban J connectivity index is 1.89. The Morgan fingerprint density at radius 1 is 1.35 bits per heavy atom. The number of aromatic amines is 2. The van der Waals surface area contributed by atoms with Gasteiger partial charge in [0.05, 0.1) is 17.1 Å². The highest BCUT2D eigenvalue weighted by Crippen LogP contribution is 2.34. The zero-order valence-corrected chi connectivity index (χ0v) is 18.3. The largest absolute Gasteiger partial charge is 0.462 e. The molecule has 166 valence electrons. The Morgan fingerprint density at radius 3 is 2.74 bits per heavy atom. The molecule has 0 radical (unpaired) electrons. The van der Waals surface area contributed by atoms with E-state index in [-0.39, 0.29) is 41.2 Å². The maximum Gasteiger partial charge on any atom is 0.340 e. The number of nitrogens with zero attached hydrogens (tertiary/aromatic N) is 1. The van der Waals surface area contributed by atoms with E-state index in [0.29, 0.717) is 22.7 Å². The number of hydrogen-bond donors (Lipinski definition) is 3. The first-order chi connectivity index (χ1) is 14.7. The summed E-state index contributed by atoms with van der Waals surface area (Å²) in [5.74, 6) is -0.565. The average molecular weight is 447 g/mol. The lowest BCUT2D eigenvalue weighted by Crippen LogP contribution is -2.41. The maximum absolute atomic E-state index is 13.4. The number of rotatable bonds is 8. The number of carbonyl (C=O) groups is 1. The van der Waals surface area contributed by atoms with Gasteiger partial charge < -0.3 is 20.4 Å². The van der Waals surface area contributed by atoms with E-state index in [4.69, 9.17) is 10.5 Å². The van der Waals surface area contributed by atoms with E-state index in [1.54, 1.807) is 13.0 Å². The number of hydrogen-bond acceptors (Lipinski definition) is 6. The highest BCUT2D eigenvalue weighted by molar-refractivity contribution is 7.89. The van der Waals surface area contributed by atoms with Crippen LogP contribution in [0.1, 0.15) is 43.5 Å². The van der Waals surface area contributed by atoms with Crippen LogP contribution in [0.4, 0.5) is 0 Å². The fourth-order valence-electron chi connectivity index (χ4n) is 3.73. The molecular formula is C21H26N4O5S. The molecule has 0 unspecified atom stereocenters. The molecule has 0 saturated heterocycles. The molecule has 1 aromatic carbocycles. The maximum atomic E-state index is 13.4. The number of carbonyl (C=O) groups excluding carboxylic acids is 1. The van der Waals surface area contributed by atoms with Crippen molar-refractivity contribution in [2.75, 3.05) is 13.2 Å². The Hall–Kier alpha value is -2.69. The lowest BCUT2D eigenvalue weighted by atomic mass is 10.1. The van der Waals surface area contributed by atoms with E-state index >= 15 is 0 Å². The van der Waals surface area contributed by atoms with Crippen LogP contribution in [-0.2, 0) is 14.8 Å². The van der Waals surface area contributed by atoms with Gasteiger partial charge in [-0.2, -0.15) is 4.31 Å². The zero-order valence-electron chi connectivity index (χ0n) is 17.5. The van der Waals surface area contributed by atoms with Gasteiger partial charge in [0.2, 0.25) is 10.0 Å². The molecule has 0 aliphatic heterocycles. The van der Waals surface area contributed by atoms with Gasteiger partial charge in [0.25, 0.3) is 5.56 Å². The van der Waals surface area contributed by atoms with Crippen LogP contribution >= 0.6 is 0 Å². The molecule has 3 aromatic rings. The molecular weight excluding hydrogens is 420 g/mol. The monoisotopic (exact) mass is 446 g/mol. The zero-order chi connectivity index (χ0) is 22.3. The molecule has 2 heterocycles. The molecule has 2 aromatic heterocycles. The van der Waals surface area contributed by atoms with Crippen molar-refractivity contribution in [2.24, 2.45) is 5.73 Å². The lowest BCUT2D eigenvalue weighted by molar-refractivity contribution is 0.0507. The summed E-state index contributed by atoms with van der Waals surface area (Å²) in [4.78, 5) is 30.7. The molecule has 4 rings (SSSR count). The summed E-state index contributed by atoms with van der Waals surface area (Å²) < 4.78 is 33.5. The highest BCUT2D eigenvalue weighted by atomic mass is 32.2. The quantitative estimate of drug-likeness (QED) is 0.453. The Kier molecular flexibility index (Phi) is 5.63. The van der Waals surface area contributed by atoms with Crippen LogP contribution in [0.2, 0.25) is 0 Å². The fourth-order valence-corrected chi connectivity index (χ4v) is 5.54. The third-order valence-electron chi connectivity index (χ3n) is 5.30. The summed E-state index contributed by atoms with van der Waals surface area (Å²) in [5.41, 5.74) is 6.32. The summed E-state index contributed by atoms with van der Waals surface area (Å²) in [7, 11) is -3.80. The van der Waals surface area contributed by atoms with Gasteiger partial charge >= 0.3 is 5.97 Å². The van der Waals surface area contributed by atoms with E-state index in [1.165, 1.54) is 22.6 Å². The van der Waals surface area contributed by atoms with Gasteiger partial charge in [-0.25, -0.2) is 13.2 Å². The third-order valence-corrected chi connectivity index (χ3v) is 7.22. The van der Waals surface area contributed by atoms with Crippen LogP contribution in [0, 0.1) is 0 Å². The first kappa shape index (κ1) is 21.5. The number of ether oxygens (including phenoxy) is 1. The molecule has 1 saturated carbocycles. The van der Waals surface area contributed by atoms with Crippen molar-refractivity contribution in [1.29, 1.82) is 0 Å². The molecule has 1 fully saturated rings. The summed E-state index contributed by atoms with van der Waals surface area (Å²) in [5, 5.41) is 0.805. The highest BCUT2D eigenvalue weighted by Gasteiger charge is 2.38. The molecule has 9 nitrogen and oxygen atoms in total. The van der Waals surface area contributed by atoms with E-state index in [1.807, 2.05) is 6.92 Å². The minimum atomic E-state index is -3.80. The summed E-state index contributed by atoms with van der Waals surface area (Å²) in [6.07, 6.45) is 3.70. The molecule has 10 heteroatoms. The number of nitrogens with one attached hydrogen (secondary N) is 2. The van der Waals surface area contributed by atoms with Gasteiger partial charge in [-0.1, -0.05) is 6.92 Å². The van der Waals surface area contributed by atoms with Crippen LogP contribution in [-0.4, -0.2) is 53.9 Å². The summed E-state index contributed by atoms with van der Waals surface area (Å²) >= 11 is 0. The topological polar surface area (TPSA) is 138 Å². The van der Waals surface area contributed by atoms with Gasteiger partial charge in [0.1, 0.15) is 5.52 Å². The van der Waals surface area contributed by atoms with Gasteiger partial charge in [-0.05, 0) is 44.4 Å².